The van der Waals surface area contributed by atoms with Gasteiger partial charge in [-0.15, -0.1) is 5.10 Å². The molecule has 0 amide bonds. The lowest BCUT2D eigenvalue weighted by molar-refractivity contribution is -0.282. The van der Waals surface area contributed by atoms with Crippen LogP contribution in [-0.4, -0.2) is 54.6 Å². The minimum absolute atomic E-state index is 0.377. The third kappa shape index (κ3) is 2.14. The number of nitrogens with zero attached hydrogens (tertiary/aromatic N) is 8. The lowest BCUT2D eigenvalue weighted by atomic mass is 10.3. The zero-order valence-corrected chi connectivity index (χ0v) is 12.2. The second-order valence-corrected chi connectivity index (χ2v) is 4.77. The lowest BCUT2D eigenvalue weighted by Crippen LogP contribution is -2.07. The number of hydrogen-bond donors (Lipinski definition) is 1. The molecule has 0 spiro atoms. The molecule has 1 aliphatic rings. The summed E-state index contributed by atoms with van der Waals surface area (Å²) in [5.41, 5.74) is 2.02. The van der Waals surface area contributed by atoms with Gasteiger partial charge >= 0.3 is 11.8 Å². The van der Waals surface area contributed by atoms with Gasteiger partial charge in [0.25, 0.3) is 5.69 Å². The van der Waals surface area contributed by atoms with Crippen LogP contribution in [0.4, 0.5) is 17.3 Å². The van der Waals surface area contributed by atoms with Crippen molar-refractivity contribution >= 4 is 30.4 Å². The summed E-state index contributed by atoms with van der Waals surface area (Å²) in [7, 11) is 1.77. The highest BCUT2D eigenvalue weighted by Crippen LogP contribution is 2.35. The highest BCUT2D eigenvalue weighted by molar-refractivity contribution is 5.80. The Morgan fingerprint density at radius 2 is 2.13 bits per heavy atom. The smallest absolute Gasteiger partial charge is 0.331 e. The largest absolute Gasteiger partial charge is 0.370 e. The van der Waals surface area contributed by atoms with Gasteiger partial charge in [-0.1, -0.05) is 21.3 Å². The molecule has 4 heterocycles. The molecule has 0 aromatic carbocycles. The van der Waals surface area contributed by atoms with E-state index < -0.39 is 0 Å². The van der Waals surface area contributed by atoms with Gasteiger partial charge in [-0.05, 0) is 12.1 Å². The lowest BCUT2D eigenvalue weighted by Gasteiger charge is -2.01. The van der Waals surface area contributed by atoms with Crippen molar-refractivity contribution < 1.29 is 4.58 Å². The second kappa shape index (κ2) is 5.05. The third-order valence-corrected chi connectivity index (χ3v) is 3.31. The topological polar surface area (TPSA) is 96.8 Å². The maximum absolute atomic E-state index is 4.45. The number of aliphatic imine (C=N–C) groups is 1. The Morgan fingerprint density at radius 3 is 2.91 bits per heavy atom. The molecule has 1 aliphatic heterocycles. The van der Waals surface area contributed by atoms with Gasteiger partial charge in [0.1, 0.15) is 5.69 Å². The van der Waals surface area contributed by atoms with Gasteiger partial charge in [-0.3, -0.25) is 4.98 Å². The number of pyridine rings is 1. The summed E-state index contributed by atoms with van der Waals surface area (Å²) in [6, 6.07) is 5.60. The summed E-state index contributed by atoms with van der Waals surface area (Å²) < 4.78 is 3.08. The number of nitrogens with one attached hydrogen (secondary N) is 1. The zero-order chi connectivity index (χ0) is 15.8. The van der Waals surface area contributed by atoms with Gasteiger partial charge in [0.2, 0.25) is 6.34 Å². The van der Waals surface area contributed by atoms with Gasteiger partial charge in [-0.25, -0.2) is 4.58 Å². The molecule has 0 bridgehead atoms. The maximum atomic E-state index is 4.45. The summed E-state index contributed by atoms with van der Waals surface area (Å²) in [5.74, 6) is 1.58. The molecular weight excluding hydrogens is 294 g/mol. The molecule has 9 heteroatoms. The monoisotopic (exact) mass is 306 g/mol. The molecule has 23 heavy (non-hydrogen) atoms. The molecule has 4 rings (SSSR count). The molecule has 112 valence electrons. The SMILES string of the molecule is C=[N+]1C=Nc2c(NC)nc(-n3cc(-c4ccccn4)nn3)nc21. The van der Waals surface area contributed by atoms with Crippen LogP contribution >= 0.6 is 0 Å². The fourth-order valence-electron chi connectivity index (χ4n) is 2.20. The van der Waals surface area contributed by atoms with E-state index in [4.69, 9.17) is 0 Å². The van der Waals surface area contributed by atoms with Crippen molar-refractivity contribution in [3.8, 4) is 17.3 Å². The van der Waals surface area contributed by atoms with E-state index >= 15 is 0 Å². The summed E-state index contributed by atoms with van der Waals surface area (Å²) in [4.78, 5) is 17.4. The van der Waals surface area contributed by atoms with E-state index in [1.54, 1.807) is 30.4 Å². The van der Waals surface area contributed by atoms with Gasteiger partial charge in [0.15, 0.2) is 5.82 Å². The molecule has 0 saturated carbocycles. The Bertz CT molecular complexity index is 927. The van der Waals surface area contributed by atoms with E-state index in [0.29, 0.717) is 29.0 Å². The van der Waals surface area contributed by atoms with Crippen molar-refractivity contribution in [2.24, 2.45) is 4.99 Å². The van der Waals surface area contributed by atoms with Crippen LogP contribution in [0.2, 0.25) is 0 Å². The van der Waals surface area contributed by atoms with Crippen molar-refractivity contribution in [1.82, 2.24) is 29.9 Å². The Labute approximate surface area is 131 Å². The predicted molar refractivity (Wildman–Crippen MR) is 84.9 cm³/mol. The summed E-state index contributed by atoms with van der Waals surface area (Å²) >= 11 is 0. The molecule has 0 saturated heterocycles. The van der Waals surface area contributed by atoms with E-state index in [1.165, 1.54) is 4.68 Å². The van der Waals surface area contributed by atoms with E-state index in [1.807, 2.05) is 18.2 Å². The van der Waals surface area contributed by atoms with Gasteiger partial charge in [-0.2, -0.15) is 9.67 Å². The minimum atomic E-state index is 0.377. The molecule has 3 aromatic heterocycles. The Kier molecular flexibility index (Phi) is 2.90. The molecule has 0 unspecified atom stereocenters. The van der Waals surface area contributed by atoms with E-state index in [-0.39, 0.29) is 0 Å². The summed E-state index contributed by atoms with van der Waals surface area (Å²) in [5, 5.41) is 11.2. The van der Waals surface area contributed by atoms with Crippen molar-refractivity contribution in [3.05, 3.63) is 30.6 Å². The number of aromatic nitrogens is 6. The number of fused-ring (bicyclic) bond motifs is 1. The molecule has 0 fully saturated rings. The van der Waals surface area contributed by atoms with Crippen LogP contribution in [0.25, 0.3) is 17.3 Å². The van der Waals surface area contributed by atoms with Crippen LogP contribution < -0.4 is 5.32 Å². The average molecular weight is 306 g/mol. The zero-order valence-electron chi connectivity index (χ0n) is 12.2. The first-order valence-electron chi connectivity index (χ1n) is 6.84. The molecule has 0 radical (unpaired) electrons. The number of anilines is 1. The van der Waals surface area contributed by atoms with Crippen molar-refractivity contribution in [2.45, 2.75) is 0 Å². The molecular formula is C14H12N9+. The van der Waals surface area contributed by atoms with Crippen LogP contribution in [-0.2, 0) is 0 Å². The van der Waals surface area contributed by atoms with Crippen molar-refractivity contribution in [2.75, 3.05) is 12.4 Å². The average Bonchev–Trinajstić information content (AvgIpc) is 3.22. The molecule has 9 nitrogen and oxygen atoms in total. The minimum Gasteiger partial charge on any atom is -0.370 e. The van der Waals surface area contributed by atoms with E-state index in [9.17, 15) is 0 Å². The number of rotatable bonds is 3. The predicted octanol–water partition coefficient (Wildman–Crippen LogP) is 1.18. The second-order valence-electron chi connectivity index (χ2n) is 4.77. The van der Waals surface area contributed by atoms with E-state index in [0.717, 1.165) is 5.69 Å². The molecule has 1 N–H and O–H groups in total. The summed E-state index contributed by atoms with van der Waals surface area (Å²) in [6.45, 7) is 3.85. The molecule has 3 aromatic rings. The first-order chi connectivity index (χ1) is 11.3. The van der Waals surface area contributed by atoms with Crippen LogP contribution in [0.5, 0.6) is 0 Å². The summed E-state index contributed by atoms with van der Waals surface area (Å²) in [6.07, 6.45) is 5.02. The maximum Gasteiger partial charge on any atom is 0.331 e. The van der Waals surface area contributed by atoms with Crippen molar-refractivity contribution in [3.63, 3.8) is 0 Å². The van der Waals surface area contributed by atoms with Gasteiger partial charge in [0, 0.05) is 20.0 Å². The fourth-order valence-corrected chi connectivity index (χ4v) is 2.20. The Morgan fingerprint density at radius 1 is 1.22 bits per heavy atom. The first kappa shape index (κ1) is 13.2. The van der Waals surface area contributed by atoms with Crippen LogP contribution in [0.1, 0.15) is 0 Å². The Hall–Kier alpha value is -3.49. The fraction of sp³-hybridized carbons (Fsp3) is 0.0714. The standard InChI is InChI=1S/C14H12N9/c1-15-12-11-13(22(2)8-17-11)19-14(18-12)23-7-10(20-21-23)9-5-3-4-6-16-9/h3-8H,2H2,1H3,(H,15,18,19)/q+1. The quantitative estimate of drug-likeness (QED) is 0.730. The van der Waals surface area contributed by atoms with Crippen LogP contribution in [0, 0.1) is 0 Å². The molecule has 0 atom stereocenters. The third-order valence-electron chi connectivity index (χ3n) is 3.31. The normalized spacial score (nSPS) is 12.5. The Balaban J connectivity index is 1.79. The van der Waals surface area contributed by atoms with Crippen LogP contribution in [0.15, 0.2) is 35.6 Å². The van der Waals surface area contributed by atoms with E-state index in [2.05, 4.69) is 42.3 Å². The van der Waals surface area contributed by atoms with Gasteiger partial charge in [0.05, 0.1) is 11.9 Å². The van der Waals surface area contributed by atoms with Crippen LogP contribution in [0.3, 0.4) is 0 Å². The molecule has 0 aliphatic carbocycles. The highest BCUT2D eigenvalue weighted by Gasteiger charge is 2.28. The first-order valence-corrected chi connectivity index (χ1v) is 6.84. The highest BCUT2D eigenvalue weighted by atomic mass is 15.5. The number of hydrogen-bond acceptors (Lipinski definition) is 7. The van der Waals surface area contributed by atoms with Crippen molar-refractivity contribution in [1.29, 1.82) is 0 Å². The van der Waals surface area contributed by atoms with Gasteiger partial charge < -0.3 is 5.32 Å².